The number of rotatable bonds is 5. The number of hydrogen-bond acceptors (Lipinski definition) is 7. The molecule has 0 atom stereocenters. The van der Waals surface area contributed by atoms with Crippen molar-refractivity contribution in [3.05, 3.63) is 78.8 Å². The summed E-state index contributed by atoms with van der Waals surface area (Å²) in [6.45, 7) is 4.32. The molecule has 32 heavy (non-hydrogen) atoms. The summed E-state index contributed by atoms with van der Waals surface area (Å²) < 4.78 is 1.81. The van der Waals surface area contributed by atoms with E-state index in [-0.39, 0.29) is 0 Å². The first-order chi connectivity index (χ1) is 15.6. The molecule has 4 aromatic rings. The van der Waals surface area contributed by atoms with E-state index >= 15 is 0 Å². The van der Waals surface area contributed by atoms with Crippen LogP contribution in [0.2, 0.25) is 0 Å². The van der Waals surface area contributed by atoms with E-state index in [0.29, 0.717) is 5.92 Å². The van der Waals surface area contributed by atoms with Crippen LogP contribution in [-0.4, -0.2) is 24.7 Å². The zero-order valence-electron chi connectivity index (χ0n) is 18.2. The summed E-state index contributed by atoms with van der Waals surface area (Å²) in [5.74, 6) is 2.00. The third-order valence-corrected chi connectivity index (χ3v) is 5.30. The molecule has 0 aromatic carbocycles. The zero-order valence-corrected chi connectivity index (χ0v) is 18.2. The van der Waals surface area contributed by atoms with Crippen LogP contribution in [0.3, 0.4) is 0 Å². The molecule has 0 bridgehead atoms. The number of hydrazine groups is 1. The lowest BCUT2D eigenvalue weighted by Gasteiger charge is -2.20. The van der Waals surface area contributed by atoms with Crippen LogP contribution >= 0.6 is 0 Å². The molecular weight excluding hydrogens is 400 g/mol. The second-order valence-electron chi connectivity index (χ2n) is 8.02. The van der Waals surface area contributed by atoms with E-state index in [1.807, 2.05) is 62.2 Å². The molecule has 5 rings (SSSR count). The van der Waals surface area contributed by atoms with E-state index in [1.54, 1.807) is 10.9 Å². The first-order valence-corrected chi connectivity index (χ1v) is 10.5. The Morgan fingerprint density at radius 2 is 1.97 bits per heavy atom. The lowest BCUT2D eigenvalue weighted by atomic mass is 10.0. The molecule has 8 nitrogen and oxygen atoms in total. The van der Waals surface area contributed by atoms with Gasteiger partial charge in [-0.3, -0.25) is 20.1 Å². The van der Waals surface area contributed by atoms with E-state index in [4.69, 9.17) is 4.98 Å². The van der Waals surface area contributed by atoms with Gasteiger partial charge in [0, 0.05) is 54.7 Å². The van der Waals surface area contributed by atoms with Gasteiger partial charge < -0.3 is 10.7 Å². The average Bonchev–Trinajstić information content (AvgIpc) is 3.21. The molecule has 0 spiro atoms. The Kier molecular flexibility index (Phi) is 5.03. The maximum atomic E-state index is 4.79. The topological polar surface area (TPSA) is 92.6 Å². The molecule has 0 aliphatic carbocycles. The van der Waals surface area contributed by atoms with Crippen LogP contribution in [0.5, 0.6) is 0 Å². The largest absolute Gasteiger partial charge is 0.325 e. The molecule has 4 aromatic heterocycles. The zero-order chi connectivity index (χ0) is 22.1. The Morgan fingerprint density at radius 3 is 2.78 bits per heavy atom. The van der Waals surface area contributed by atoms with Gasteiger partial charge in [0.1, 0.15) is 17.3 Å². The van der Waals surface area contributed by atoms with Gasteiger partial charge in [0.15, 0.2) is 0 Å². The summed E-state index contributed by atoms with van der Waals surface area (Å²) >= 11 is 0. The van der Waals surface area contributed by atoms with Crippen molar-refractivity contribution in [3.63, 3.8) is 0 Å². The van der Waals surface area contributed by atoms with Crippen LogP contribution in [0.15, 0.2) is 78.8 Å². The molecule has 1 aliphatic heterocycles. The van der Waals surface area contributed by atoms with E-state index in [9.17, 15) is 0 Å². The molecule has 3 N–H and O–H groups in total. The molecule has 1 aliphatic rings. The van der Waals surface area contributed by atoms with E-state index < -0.39 is 0 Å². The van der Waals surface area contributed by atoms with Crippen LogP contribution in [0.25, 0.3) is 33.4 Å². The number of aryl methyl sites for hydroxylation is 1. The fraction of sp³-hybridized carbons (Fsp3) is 0.167. The maximum Gasteiger partial charge on any atom is 0.132 e. The Labute approximate surface area is 186 Å². The first-order valence-electron chi connectivity index (χ1n) is 10.5. The predicted molar refractivity (Wildman–Crippen MR) is 126 cm³/mol. The van der Waals surface area contributed by atoms with Crippen molar-refractivity contribution in [2.24, 2.45) is 13.0 Å². The molecular formula is C24H24N8. The first kappa shape index (κ1) is 19.7. The minimum atomic E-state index is 0.422. The summed E-state index contributed by atoms with van der Waals surface area (Å²) in [4.78, 5) is 13.7. The summed E-state index contributed by atoms with van der Waals surface area (Å²) in [7, 11) is 1.91. The molecule has 5 heterocycles. The van der Waals surface area contributed by atoms with Crippen molar-refractivity contribution in [3.8, 4) is 22.4 Å². The Bertz CT molecular complexity index is 1330. The fourth-order valence-corrected chi connectivity index (χ4v) is 3.62. The lowest BCUT2D eigenvalue weighted by Crippen LogP contribution is -2.33. The molecule has 0 amide bonds. The van der Waals surface area contributed by atoms with Crippen molar-refractivity contribution in [1.82, 2.24) is 35.6 Å². The molecule has 160 valence electrons. The van der Waals surface area contributed by atoms with E-state index in [1.165, 1.54) is 5.57 Å². The van der Waals surface area contributed by atoms with Crippen LogP contribution in [0.1, 0.15) is 13.8 Å². The van der Waals surface area contributed by atoms with Crippen LogP contribution < -0.4 is 16.2 Å². The molecule has 0 radical (unpaired) electrons. The molecule has 0 saturated heterocycles. The minimum absolute atomic E-state index is 0.422. The van der Waals surface area contributed by atoms with Gasteiger partial charge in [-0.2, -0.15) is 5.10 Å². The quantitative estimate of drug-likeness (QED) is 0.446. The van der Waals surface area contributed by atoms with E-state index in [0.717, 1.165) is 45.1 Å². The molecule has 0 fully saturated rings. The van der Waals surface area contributed by atoms with Crippen molar-refractivity contribution < 1.29 is 0 Å². The summed E-state index contributed by atoms with van der Waals surface area (Å²) in [5, 5.41) is 7.98. The second kappa shape index (κ2) is 8.14. The van der Waals surface area contributed by atoms with Gasteiger partial charge in [-0.05, 0) is 47.9 Å². The Balaban J connectivity index is 1.50. The second-order valence-corrected chi connectivity index (χ2v) is 8.02. The third-order valence-electron chi connectivity index (χ3n) is 5.30. The number of aromatic nitrogens is 5. The number of nitrogens with zero attached hydrogens (tertiary/aromatic N) is 5. The number of pyridine rings is 3. The maximum absolute atomic E-state index is 4.79. The highest BCUT2D eigenvalue weighted by Crippen LogP contribution is 2.31. The van der Waals surface area contributed by atoms with Crippen LogP contribution in [0.4, 0.5) is 5.82 Å². The van der Waals surface area contributed by atoms with Crippen molar-refractivity contribution in [2.75, 3.05) is 5.32 Å². The highest BCUT2D eigenvalue weighted by molar-refractivity contribution is 5.86. The van der Waals surface area contributed by atoms with Crippen molar-refractivity contribution in [1.29, 1.82) is 0 Å². The van der Waals surface area contributed by atoms with Gasteiger partial charge >= 0.3 is 0 Å². The lowest BCUT2D eigenvalue weighted by molar-refractivity contribution is 0.677. The van der Waals surface area contributed by atoms with Crippen LogP contribution in [-0.2, 0) is 7.05 Å². The van der Waals surface area contributed by atoms with Gasteiger partial charge in [0.05, 0.1) is 11.0 Å². The van der Waals surface area contributed by atoms with Crippen molar-refractivity contribution >= 4 is 16.9 Å². The predicted octanol–water partition coefficient (Wildman–Crippen LogP) is 3.99. The van der Waals surface area contributed by atoms with Crippen molar-refractivity contribution in [2.45, 2.75) is 13.8 Å². The van der Waals surface area contributed by atoms with E-state index in [2.05, 4.69) is 51.2 Å². The van der Waals surface area contributed by atoms with Gasteiger partial charge in [-0.1, -0.05) is 13.8 Å². The Hall–Kier alpha value is -4.20. The number of allylic oxidation sites excluding steroid dienone is 2. The number of nitrogens with one attached hydrogen (secondary N) is 3. The highest BCUT2D eigenvalue weighted by atomic mass is 15.4. The number of anilines is 1. The normalized spacial score (nSPS) is 13.4. The summed E-state index contributed by atoms with van der Waals surface area (Å²) in [6, 6.07) is 9.86. The highest BCUT2D eigenvalue weighted by Gasteiger charge is 2.14. The average molecular weight is 425 g/mol. The Morgan fingerprint density at radius 1 is 1.06 bits per heavy atom. The molecule has 8 heteroatoms. The van der Waals surface area contributed by atoms with Crippen LogP contribution in [0, 0.1) is 5.92 Å². The molecule has 0 unspecified atom stereocenters. The standard InChI is InChI=1S/C24H24N8/c1-15(2)17-10-23(30-27-13-17)29-22-7-6-20-21(28-22)9-18(12-26-20)19-14-32(3)31-24(19)16-5-4-8-25-11-16/h4-15,27,30H,1-3H3,(H,28,29). The monoisotopic (exact) mass is 424 g/mol. The minimum Gasteiger partial charge on any atom is -0.325 e. The SMILES string of the molecule is CC(C)C1=CNNC(Nc2ccc3ncc(-c4cn(C)nc4-c4cccnc4)cc3n2)=C1. The van der Waals surface area contributed by atoms with Gasteiger partial charge in [-0.25, -0.2) is 4.98 Å². The molecule has 0 saturated carbocycles. The van der Waals surface area contributed by atoms with Gasteiger partial charge in [0.2, 0.25) is 0 Å². The number of hydrogen-bond donors (Lipinski definition) is 3. The third kappa shape index (κ3) is 3.90. The number of fused-ring (bicyclic) bond motifs is 1. The van der Waals surface area contributed by atoms with Gasteiger partial charge in [0.25, 0.3) is 0 Å². The fourth-order valence-electron chi connectivity index (χ4n) is 3.62. The smallest absolute Gasteiger partial charge is 0.132 e. The summed E-state index contributed by atoms with van der Waals surface area (Å²) in [6.07, 6.45) is 11.5. The van der Waals surface area contributed by atoms with Gasteiger partial charge in [-0.15, -0.1) is 0 Å². The summed E-state index contributed by atoms with van der Waals surface area (Å²) in [5.41, 5.74) is 12.8.